The van der Waals surface area contributed by atoms with Gasteiger partial charge in [-0.25, -0.2) is 9.69 Å². The third-order valence-electron chi connectivity index (χ3n) is 5.36. The van der Waals surface area contributed by atoms with Crippen LogP contribution < -0.4 is 10.6 Å². The van der Waals surface area contributed by atoms with Gasteiger partial charge in [0.25, 0.3) is 5.91 Å². The first-order valence-electron chi connectivity index (χ1n) is 10.3. The van der Waals surface area contributed by atoms with Crippen molar-refractivity contribution in [3.8, 4) is 0 Å². The summed E-state index contributed by atoms with van der Waals surface area (Å²) in [6.07, 6.45) is -0.962. The molecule has 8 heteroatoms. The summed E-state index contributed by atoms with van der Waals surface area (Å²) in [5.74, 6) is -1.39. The summed E-state index contributed by atoms with van der Waals surface area (Å²) in [5.41, 5.74) is 0.0630. The van der Waals surface area contributed by atoms with Crippen molar-refractivity contribution >= 4 is 24.3 Å². The number of benzene rings is 3. The first kappa shape index (κ1) is 21.8. The Kier molecular flexibility index (Phi) is 6.17. The van der Waals surface area contributed by atoms with Crippen LogP contribution in [0.1, 0.15) is 22.9 Å². The number of esters is 1. The van der Waals surface area contributed by atoms with Crippen LogP contribution in [0.2, 0.25) is 0 Å². The molecule has 0 aromatic heterocycles. The second kappa shape index (κ2) is 9.35. The quantitative estimate of drug-likeness (QED) is 0.316. The van der Waals surface area contributed by atoms with Crippen molar-refractivity contribution in [1.29, 1.82) is 0 Å². The fourth-order valence-corrected chi connectivity index (χ4v) is 3.87. The first-order chi connectivity index (χ1) is 16.1. The Morgan fingerprint density at radius 2 is 1.42 bits per heavy atom. The maximum Gasteiger partial charge on any atom is 0.328 e. The van der Waals surface area contributed by atoms with E-state index in [0.717, 1.165) is 4.90 Å². The Morgan fingerprint density at radius 3 is 1.94 bits per heavy atom. The lowest BCUT2D eigenvalue weighted by atomic mass is 9.82. The Labute approximate surface area is 190 Å². The first-order valence-corrected chi connectivity index (χ1v) is 10.3. The third-order valence-corrected chi connectivity index (χ3v) is 5.36. The molecular formula is C25H21N3O5. The van der Waals surface area contributed by atoms with Gasteiger partial charge in [-0.3, -0.25) is 14.4 Å². The zero-order valence-electron chi connectivity index (χ0n) is 17.5. The summed E-state index contributed by atoms with van der Waals surface area (Å²) in [7, 11) is 0. The number of hydrogen-bond donors (Lipinski definition) is 2. The van der Waals surface area contributed by atoms with E-state index in [1.54, 1.807) is 78.9 Å². The SMILES string of the molecule is O=CNCC(=O)OC(c1ccccc1)N1C(=O)NC(c2ccccc2)(c2ccccc2)C1=O. The summed E-state index contributed by atoms with van der Waals surface area (Å²) in [6.45, 7) is -0.404. The van der Waals surface area contributed by atoms with E-state index in [1.165, 1.54) is 0 Å². The van der Waals surface area contributed by atoms with Crippen LogP contribution >= 0.6 is 0 Å². The van der Waals surface area contributed by atoms with Gasteiger partial charge in [0.05, 0.1) is 0 Å². The highest BCUT2D eigenvalue weighted by atomic mass is 16.6. The van der Waals surface area contributed by atoms with Gasteiger partial charge in [0.15, 0.2) is 5.54 Å². The molecule has 1 atom stereocenters. The number of urea groups is 1. The van der Waals surface area contributed by atoms with Crippen molar-refractivity contribution in [3.05, 3.63) is 108 Å². The average molecular weight is 443 g/mol. The van der Waals surface area contributed by atoms with Gasteiger partial charge < -0.3 is 15.4 Å². The second-order valence-corrected chi connectivity index (χ2v) is 7.34. The predicted molar refractivity (Wildman–Crippen MR) is 118 cm³/mol. The van der Waals surface area contributed by atoms with Gasteiger partial charge in [-0.2, -0.15) is 0 Å². The molecular weight excluding hydrogens is 422 g/mol. The molecule has 2 N–H and O–H groups in total. The van der Waals surface area contributed by atoms with Gasteiger partial charge in [0.1, 0.15) is 6.54 Å². The van der Waals surface area contributed by atoms with E-state index in [1.807, 2.05) is 12.1 Å². The molecule has 1 saturated heterocycles. The summed E-state index contributed by atoms with van der Waals surface area (Å²) in [5, 5.41) is 5.07. The topological polar surface area (TPSA) is 105 Å². The predicted octanol–water partition coefficient (Wildman–Crippen LogP) is 2.47. The molecule has 0 spiro atoms. The Morgan fingerprint density at radius 1 is 0.909 bits per heavy atom. The Hall–Kier alpha value is -4.46. The second-order valence-electron chi connectivity index (χ2n) is 7.34. The van der Waals surface area contributed by atoms with E-state index >= 15 is 0 Å². The van der Waals surface area contributed by atoms with Crippen LogP contribution in [0.25, 0.3) is 0 Å². The molecule has 0 bridgehead atoms. The third kappa shape index (κ3) is 4.06. The van der Waals surface area contributed by atoms with E-state index in [2.05, 4.69) is 10.6 Å². The minimum atomic E-state index is -1.50. The fourth-order valence-electron chi connectivity index (χ4n) is 3.87. The van der Waals surface area contributed by atoms with E-state index in [9.17, 15) is 19.2 Å². The molecule has 33 heavy (non-hydrogen) atoms. The highest BCUT2D eigenvalue weighted by molar-refractivity contribution is 6.10. The van der Waals surface area contributed by atoms with Crippen molar-refractivity contribution in [1.82, 2.24) is 15.5 Å². The lowest BCUT2D eigenvalue weighted by Gasteiger charge is -2.30. The molecule has 1 aliphatic heterocycles. The Bertz CT molecular complexity index is 1110. The maximum atomic E-state index is 14.0. The number of carbonyl (C=O) groups is 4. The number of nitrogens with zero attached hydrogens (tertiary/aromatic N) is 1. The van der Waals surface area contributed by atoms with Crippen molar-refractivity contribution in [2.75, 3.05) is 6.54 Å². The molecule has 166 valence electrons. The summed E-state index contributed by atoms with van der Waals surface area (Å²) in [6, 6.07) is 25.5. The maximum absolute atomic E-state index is 14.0. The van der Waals surface area contributed by atoms with Crippen LogP contribution in [-0.4, -0.2) is 35.8 Å². The largest absolute Gasteiger partial charge is 0.435 e. The summed E-state index contributed by atoms with van der Waals surface area (Å²) in [4.78, 5) is 51.1. The van der Waals surface area contributed by atoms with Crippen LogP contribution in [0, 0.1) is 0 Å². The monoisotopic (exact) mass is 443 g/mol. The number of nitrogens with one attached hydrogen (secondary N) is 2. The Balaban J connectivity index is 1.81. The van der Waals surface area contributed by atoms with Gasteiger partial charge >= 0.3 is 12.0 Å². The van der Waals surface area contributed by atoms with E-state index < -0.39 is 36.2 Å². The summed E-state index contributed by atoms with van der Waals surface area (Å²) >= 11 is 0. The van der Waals surface area contributed by atoms with Crippen LogP contribution in [0.5, 0.6) is 0 Å². The zero-order chi connectivity index (χ0) is 23.3. The van der Waals surface area contributed by atoms with E-state index in [0.29, 0.717) is 23.1 Å². The smallest absolute Gasteiger partial charge is 0.328 e. The van der Waals surface area contributed by atoms with Gasteiger partial charge in [0.2, 0.25) is 12.6 Å². The van der Waals surface area contributed by atoms with Gasteiger partial charge in [-0.15, -0.1) is 0 Å². The number of ether oxygens (including phenoxy) is 1. The molecule has 1 fully saturated rings. The number of hydrogen-bond acceptors (Lipinski definition) is 5. The lowest BCUT2D eigenvalue weighted by Crippen LogP contribution is -2.45. The molecule has 1 aliphatic rings. The molecule has 0 aliphatic carbocycles. The van der Waals surface area contributed by atoms with Gasteiger partial charge in [0, 0.05) is 5.56 Å². The van der Waals surface area contributed by atoms with E-state index in [-0.39, 0.29) is 0 Å². The molecule has 4 rings (SSSR count). The van der Waals surface area contributed by atoms with Gasteiger partial charge in [-0.1, -0.05) is 91.0 Å². The number of imide groups is 1. The van der Waals surface area contributed by atoms with Crippen molar-refractivity contribution in [2.45, 2.75) is 11.8 Å². The van der Waals surface area contributed by atoms with Crippen LogP contribution in [0.15, 0.2) is 91.0 Å². The van der Waals surface area contributed by atoms with Crippen molar-refractivity contribution in [2.24, 2.45) is 0 Å². The number of rotatable bonds is 8. The van der Waals surface area contributed by atoms with Crippen LogP contribution in [0.3, 0.4) is 0 Å². The molecule has 0 saturated carbocycles. The number of amides is 4. The summed E-state index contributed by atoms with van der Waals surface area (Å²) < 4.78 is 5.51. The average Bonchev–Trinajstić information content (AvgIpc) is 3.13. The zero-order valence-corrected chi connectivity index (χ0v) is 17.5. The van der Waals surface area contributed by atoms with Crippen LogP contribution in [0.4, 0.5) is 4.79 Å². The molecule has 0 radical (unpaired) electrons. The minimum Gasteiger partial charge on any atom is -0.435 e. The molecule has 1 heterocycles. The standard InChI is InChI=1S/C25H21N3O5/c29-17-26-16-21(30)33-22(18-10-4-1-5-11-18)28-23(31)25(27-24(28)32,19-12-6-2-7-13-19)20-14-8-3-9-15-20/h1-15,17,22H,16H2,(H,26,29)(H,27,32). The molecule has 3 aromatic carbocycles. The highest BCUT2D eigenvalue weighted by Crippen LogP contribution is 2.39. The molecule has 8 nitrogen and oxygen atoms in total. The highest BCUT2D eigenvalue weighted by Gasteiger charge is 2.56. The van der Waals surface area contributed by atoms with E-state index in [4.69, 9.17) is 4.74 Å². The number of carbonyl (C=O) groups excluding carboxylic acids is 4. The normalized spacial score (nSPS) is 15.5. The minimum absolute atomic E-state index is 0.363. The molecule has 3 aromatic rings. The lowest BCUT2D eigenvalue weighted by molar-refractivity contribution is -0.160. The van der Waals surface area contributed by atoms with Crippen molar-refractivity contribution in [3.63, 3.8) is 0 Å². The van der Waals surface area contributed by atoms with Gasteiger partial charge in [-0.05, 0) is 11.1 Å². The van der Waals surface area contributed by atoms with Crippen LogP contribution in [-0.2, 0) is 24.7 Å². The fraction of sp³-hybridized carbons (Fsp3) is 0.120. The molecule has 1 unspecified atom stereocenters. The van der Waals surface area contributed by atoms with Crippen molar-refractivity contribution < 1.29 is 23.9 Å². The molecule has 4 amide bonds.